The van der Waals surface area contributed by atoms with Gasteiger partial charge < -0.3 is 15.0 Å². The molecule has 1 N–H and O–H groups in total. The molecule has 1 heterocycles. The predicted octanol–water partition coefficient (Wildman–Crippen LogP) is 2.91. The van der Waals surface area contributed by atoms with E-state index in [4.69, 9.17) is 4.74 Å². The number of anilines is 1. The van der Waals surface area contributed by atoms with Crippen molar-refractivity contribution in [2.75, 3.05) is 25.0 Å². The topological polar surface area (TPSA) is 75.7 Å². The van der Waals surface area contributed by atoms with Crippen LogP contribution in [0.1, 0.15) is 6.92 Å². The maximum atomic E-state index is 13.0. The number of carbonyl (C=O) groups is 1. The average molecular weight is 378 g/mol. The summed E-state index contributed by atoms with van der Waals surface area (Å²) in [6, 6.07) is 11.4. The van der Waals surface area contributed by atoms with E-state index in [1.807, 2.05) is 6.92 Å². The van der Waals surface area contributed by atoms with E-state index >= 15 is 0 Å². The largest absolute Gasteiger partial charge is 0.492 e. The number of ether oxygens (including phenoxy) is 1. The van der Waals surface area contributed by atoms with Crippen LogP contribution in [0.5, 0.6) is 5.75 Å². The Hall–Kier alpha value is -2.61. The molecule has 0 aliphatic carbocycles. The third-order valence-electron chi connectivity index (χ3n) is 4.14. The van der Waals surface area contributed by atoms with Crippen LogP contribution in [-0.4, -0.2) is 44.3 Å². The molecule has 2 amide bonds. The fourth-order valence-corrected chi connectivity index (χ4v) is 4.32. The van der Waals surface area contributed by atoms with Gasteiger partial charge in [-0.15, -0.1) is 0 Å². The van der Waals surface area contributed by atoms with Gasteiger partial charge in [0.15, 0.2) is 9.84 Å². The van der Waals surface area contributed by atoms with Gasteiger partial charge in [-0.25, -0.2) is 17.6 Å². The van der Waals surface area contributed by atoms with Crippen LogP contribution in [0, 0.1) is 5.82 Å². The Morgan fingerprint density at radius 3 is 2.50 bits per heavy atom. The van der Waals surface area contributed by atoms with E-state index in [0.29, 0.717) is 18.0 Å². The zero-order valence-corrected chi connectivity index (χ0v) is 15.0. The quantitative estimate of drug-likeness (QED) is 0.812. The van der Waals surface area contributed by atoms with Crippen molar-refractivity contribution >= 4 is 21.6 Å². The molecule has 3 rings (SSSR count). The molecule has 0 bridgehead atoms. The highest BCUT2D eigenvalue weighted by Gasteiger charge is 2.40. The maximum Gasteiger partial charge on any atom is 0.322 e. The second-order valence-electron chi connectivity index (χ2n) is 5.89. The summed E-state index contributed by atoms with van der Waals surface area (Å²) in [5.74, 6) is 0.0610. The van der Waals surface area contributed by atoms with E-state index in [-0.39, 0.29) is 24.0 Å². The number of benzene rings is 2. The number of para-hydroxylation sites is 2. The normalized spacial score (nSPS) is 14.6. The summed E-state index contributed by atoms with van der Waals surface area (Å²) >= 11 is 0. The molecule has 1 saturated heterocycles. The minimum atomic E-state index is -3.59. The highest BCUT2D eigenvalue weighted by molar-refractivity contribution is 7.92. The minimum absolute atomic E-state index is 0.0608. The zero-order chi connectivity index (χ0) is 18.7. The number of halogens is 1. The van der Waals surface area contributed by atoms with Crippen LogP contribution in [0.15, 0.2) is 53.4 Å². The van der Waals surface area contributed by atoms with Gasteiger partial charge in [0.25, 0.3) is 0 Å². The van der Waals surface area contributed by atoms with Crippen LogP contribution in [0.3, 0.4) is 0 Å². The lowest BCUT2D eigenvalue weighted by Crippen LogP contribution is -2.58. The summed E-state index contributed by atoms with van der Waals surface area (Å²) in [7, 11) is -3.59. The van der Waals surface area contributed by atoms with Crippen LogP contribution in [0.4, 0.5) is 14.9 Å². The van der Waals surface area contributed by atoms with Crippen LogP contribution >= 0.6 is 0 Å². The smallest absolute Gasteiger partial charge is 0.322 e. The number of amides is 2. The number of hydrogen-bond donors (Lipinski definition) is 1. The summed E-state index contributed by atoms with van der Waals surface area (Å²) in [4.78, 5) is 13.8. The van der Waals surface area contributed by atoms with Gasteiger partial charge in [-0.2, -0.15) is 0 Å². The average Bonchev–Trinajstić information content (AvgIpc) is 2.55. The molecule has 0 saturated carbocycles. The van der Waals surface area contributed by atoms with E-state index < -0.39 is 20.9 Å². The summed E-state index contributed by atoms with van der Waals surface area (Å²) in [5.41, 5.74) is 0.532. The Balaban J connectivity index is 1.63. The van der Waals surface area contributed by atoms with Crippen molar-refractivity contribution < 1.29 is 22.3 Å². The first-order valence-electron chi connectivity index (χ1n) is 8.19. The van der Waals surface area contributed by atoms with Gasteiger partial charge in [0.2, 0.25) is 0 Å². The number of carbonyl (C=O) groups excluding carboxylic acids is 1. The second-order valence-corrected chi connectivity index (χ2v) is 8.11. The molecule has 2 aromatic carbocycles. The van der Waals surface area contributed by atoms with Gasteiger partial charge in [0.1, 0.15) is 16.8 Å². The summed E-state index contributed by atoms with van der Waals surface area (Å²) < 4.78 is 43.4. The number of rotatable bonds is 5. The third-order valence-corrected chi connectivity index (χ3v) is 6.25. The van der Waals surface area contributed by atoms with Gasteiger partial charge in [-0.05, 0) is 43.3 Å². The number of urea groups is 1. The lowest BCUT2D eigenvalue weighted by Gasteiger charge is -2.38. The molecule has 2 aromatic rings. The molecule has 1 fully saturated rings. The highest BCUT2D eigenvalue weighted by Crippen LogP contribution is 2.27. The molecule has 1 aliphatic heterocycles. The van der Waals surface area contributed by atoms with Crippen LogP contribution in [0.25, 0.3) is 0 Å². The van der Waals surface area contributed by atoms with E-state index in [0.717, 1.165) is 12.1 Å². The molecule has 1 aliphatic rings. The van der Waals surface area contributed by atoms with Crippen molar-refractivity contribution in [2.24, 2.45) is 0 Å². The standard InChI is InChI=1S/C18H19FN2O4S/c1-2-25-17-6-4-3-5-16(17)20-18(22)21-11-15(12-21)26(23,24)14-9-7-13(19)8-10-14/h3-10,15H,2,11-12H2,1H3,(H,20,22). The van der Waals surface area contributed by atoms with Gasteiger partial charge in [-0.1, -0.05) is 12.1 Å². The fraction of sp³-hybridized carbons (Fsp3) is 0.278. The predicted molar refractivity (Wildman–Crippen MR) is 95.6 cm³/mol. The summed E-state index contributed by atoms with van der Waals surface area (Å²) in [5, 5.41) is 2.04. The van der Waals surface area contributed by atoms with Crippen molar-refractivity contribution in [3.8, 4) is 5.75 Å². The van der Waals surface area contributed by atoms with E-state index in [2.05, 4.69) is 5.32 Å². The Morgan fingerprint density at radius 1 is 1.19 bits per heavy atom. The van der Waals surface area contributed by atoms with Gasteiger partial charge in [0.05, 0.1) is 17.2 Å². The Labute approximate surface area is 151 Å². The molecule has 138 valence electrons. The molecule has 0 aromatic heterocycles. The lowest BCUT2D eigenvalue weighted by atomic mass is 10.2. The van der Waals surface area contributed by atoms with Crippen molar-refractivity contribution in [3.05, 3.63) is 54.3 Å². The highest BCUT2D eigenvalue weighted by atomic mass is 32.2. The molecular weight excluding hydrogens is 359 g/mol. The summed E-state index contributed by atoms with van der Waals surface area (Å²) in [6.07, 6.45) is 0. The van der Waals surface area contributed by atoms with Gasteiger partial charge >= 0.3 is 6.03 Å². The summed E-state index contributed by atoms with van der Waals surface area (Å²) in [6.45, 7) is 2.48. The first-order valence-corrected chi connectivity index (χ1v) is 9.73. The molecule has 6 nitrogen and oxygen atoms in total. The first-order chi connectivity index (χ1) is 12.4. The van der Waals surface area contributed by atoms with Crippen LogP contribution in [0.2, 0.25) is 0 Å². The fourth-order valence-electron chi connectivity index (χ4n) is 2.66. The number of nitrogens with zero attached hydrogens (tertiary/aromatic N) is 1. The molecule has 0 unspecified atom stereocenters. The molecule has 26 heavy (non-hydrogen) atoms. The second kappa shape index (κ2) is 7.33. The van der Waals surface area contributed by atoms with Gasteiger partial charge in [-0.3, -0.25) is 0 Å². The Morgan fingerprint density at radius 2 is 1.85 bits per heavy atom. The van der Waals surface area contributed by atoms with Gasteiger partial charge in [0, 0.05) is 13.1 Å². The van der Waals surface area contributed by atoms with Crippen molar-refractivity contribution in [1.29, 1.82) is 0 Å². The van der Waals surface area contributed by atoms with Crippen molar-refractivity contribution in [2.45, 2.75) is 17.1 Å². The number of hydrogen-bond acceptors (Lipinski definition) is 4. The van der Waals surface area contributed by atoms with E-state index in [1.54, 1.807) is 24.3 Å². The number of likely N-dealkylation sites (tertiary alicyclic amines) is 1. The maximum absolute atomic E-state index is 13.0. The monoisotopic (exact) mass is 378 g/mol. The molecule has 0 radical (unpaired) electrons. The third kappa shape index (κ3) is 3.65. The van der Waals surface area contributed by atoms with E-state index in [1.165, 1.54) is 17.0 Å². The SMILES string of the molecule is CCOc1ccccc1NC(=O)N1CC(S(=O)(=O)c2ccc(F)cc2)C1. The van der Waals surface area contributed by atoms with Crippen molar-refractivity contribution in [1.82, 2.24) is 4.90 Å². The Kier molecular flexibility index (Phi) is 5.13. The number of nitrogens with one attached hydrogen (secondary N) is 1. The first kappa shape index (κ1) is 18.2. The zero-order valence-electron chi connectivity index (χ0n) is 14.2. The molecule has 0 atom stereocenters. The van der Waals surface area contributed by atoms with E-state index in [9.17, 15) is 17.6 Å². The number of sulfone groups is 1. The molecular formula is C18H19FN2O4S. The van der Waals surface area contributed by atoms with Crippen LogP contribution in [-0.2, 0) is 9.84 Å². The van der Waals surface area contributed by atoms with Crippen LogP contribution < -0.4 is 10.1 Å². The molecule has 8 heteroatoms. The molecule has 0 spiro atoms. The van der Waals surface area contributed by atoms with Crippen molar-refractivity contribution in [3.63, 3.8) is 0 Å². The minimum Gasteiger partial charge on any atom is -0.492 e. The Bertz CT molecular complexity index is 894. The lowest BCUT2D eigenvalue weighted by molar-refractivity contribution is 0.182.